The number of fused-ring (bicyclic) bond motifs is 4. The highest BCUT2D eigenvalue weighted by atomic mass is 32.2. The van der Waals surface area contributed by atoms with Gasteiger partial charge in [-0.3, -0.25) is 14.7 Å². The molecule has 4 aromatic rings. The van der Waals surface area contributed by atoms with E-state index in [9.17, 15) is 13.2 Å². The molecule has 2 aliphatic heterocycles. The number of Topliss-reactive ketones (excluding diaryl/α,β-unsaturated/α-hetero) is 1. The van der Waals surface area contributed by atoms with Crippen molar-refractivity contribution in [1.29, 1.82) is 0 Å². The molecule has 2 aliphatic rings. The Kier molecular flexibility index (Phi) is 13.4. The monoisotopic (exact) mass is 744 g/mol. The third kappa shape index (κ3) is 11.6. The number of aryl methyl sites for hydroxylation is 2. The molecule has 2 atom stereocenters. The first-order chi connectivity index (χ1) is 25.2. The van der Waals surface area contributed by atoms with E-state index in [2.05, 4.69) is 64.5 Å². The van der Waals surface area contributed by atoms with E-state index in [1.54, 1.807) is 24.4 Å². The molecule has 286 valence electrons. The lowest BCUT2D eigenvalue weighted by Crippen LogP contribution is -2.44. The van der Waals surface area contributed by atoms with Crippen LogP contribution in [0.5, 0.6) is 5.88 Å². The zero-order valence-electron chi connectivity index (χ0n) is 32.1. The number of rotatable bonds is 7. The maximum Gasteiger partial charge on any atom is 0.264 e. The highest BCUT2D eigenvalue weighted by Crippen LogP contribution is 2.31. The number of sulfonamides is 1. The van der Waals surface area contributed by atoms with Crippen LogP contribution >= 0.6 is 0 Å². The van der Waals surface area contributed by atoms with Crippen molar-refractivity contribution < 1.29 is 24.1 Å². The summed E-state index contributed by atoms with van der Waals surface area (Å²) in [6, 6.07) is 19.8. The molecule has 11 nitrogen and oxygen atoms in total. The Labute approximate surface area is 316 Å². The average molecular weight is 745 g/mol. The van der Waals surface area contributed by atoms with E-state index in [0.717, 1.165) is 42.0 Å². The van der Waals surface area contributed by atoms with E-state index < -0.39 is 10.0 Å². The van der Waals surface area contributed by atoms with Crippen LogP contribution in [0.1, 0.15) is 82.5 Å². The first kappa shape index (κ1) is 40.0. The number of ether oxygens (including phenoxy) is 2. The Morgan fingerprint density at radius 3 is 2.43 bits per heavy atom. The van der Waals surface area contributed by atoms with Crippen molar-refractivity contribution in [3.05, 3.63) is 95.3 Å². The Balaban J connectivity index is 0.000000513. The van der Waals surface area contributed by atoms with Crippen molar-refractivity contribution in [3.63, 3.8) is 0 Å². The van der Waals surface area contributed by atoms with E-state index in [1.807, 2.05) is 50.2 Å². The summed E-state index contributed by atoms with van der Waals surface area (Å²) in [6.45, 7) is 17.4. The third-order valence-corrected chi connectivity index (χ3v) is 10.5. The number of nitrogens with one attached hydrogen (secondary N) is 2. The van der Waals surface area contributed by atoms with E-state index in [-0.39, 0.29) is 48.5 Å². The highest BCUT2D eigenvalue weighted by Gasteiger charge is 2.29. The standard InChI is InChI=1S/C33H37N5O4S.C8H17NO.H2/c1-22-10-8-11-23(2)31(22)28-17-30-36-32(35-28)37-43(40,41)27-14-9-12-24(16-27)29(39)20-38(19-25-13-6-7-15-34-25)26(21-42-30)18-33(3,4)5;1-7(2)9-6-8-4-3-5-10-8;/h6-17,26H,18-21H2,1-5H3,(H,35,36,37);7-9H,3-6H2,1-2H3;1H/t26-;;/m1../s1. The maximum atomic E-state index is 13.7. The van der Waals surface area contributed by atoms with Gasteiger partial charge in [-0.05, 0) is 73.9 Å². The van der Waals surface area contributed by atoms with Crippen LogP contribution in [0.3, 0.4) is 0 Å². The molecule has 0 amide bonds. The van der Waals surface area contributed by atoms with Crippen LogP contribution in [0, 0.1) is 19.3 Å². The van der Waals surface area contributed by atoms with E-state index in [4.69, 9.17) is 9.47 Å². The van der Waals surface area contributed by atoms with Gasteiger partial charge in [0.1, 0.15) is 6.61 Å². The summed E-state index contributed by atoms with van der Waals surface area (Å²) >= 11 is 0. The molecular formula is C41H56N6O5S. The Morgan fingerprint density at radius 1 is 1.02 bits per heavy atom. The first-order valence-electron chi connectivity index (χ1n) is 18.4. The van der Waals surface area contributed by atoms with Gasteiger partial charge in [0, 0.05) is 56.6 Å². The molecule has 0 radical (unpaired) electrons. The predicted octanol–water partition coefficient (Wildman–Crippen LogP) is 7.25. The zero-order chi connectivity index (χ0) is 38.2. The number of benzene rings is 2. The topological polar surface area (TPSA) is 136 Å². The SMILES string of the molecule is CC(C)NCC1CCCO1.Cc1cccc(C)c1-c1cc2nc(n1)NS(=O)(=O)c1cccc(c1)C(=O)CN(Cc1ccccn1)[C@H](CC(C)(C)C)CO2.[HH]. The minimum absolute atomic E-state index is 0. The Hall–Kier alpha value is -4.23. The van der Waals surface area contributed by atoms with Crippen LogP contribution < -0.4 is 14.8 Å². The molecule has 0 spiro atoms. The summed E-state index contributed by atoms with van der Waals surface area (Å²) in [5, 5.41) is 3.36. The number of carbonyl (C=O) groups is 1. The molecule has 2 aromatic heterocycles. The van der Waals surface area contributed by atoms with Crippen molar-refractivity contribution in [2.75, 3.05) is 31.0 Å². The molecule has 1 fully saturated rings. The molecule has 0 aliphatic carbocycles. The number of aromatic nitrogens is 3. The molecule has 1 saturated heterocycles. The van der Waals surface area contributed by atoms with Crippen LogP contribution in [0.2, 0.25) is 0 Å². The second-order valence-electron chi connectivity index (χ2n) is 15.4. The lowest BCUT2D eigenvalue weighted by Gasteiger charge is -2.35. The van der Waals surface area contributed by atoms with Gasteiger partial charge in [0.25, 0.3) is 10.0 Å². The van der Waals surface area contributed by atoms with Crippen LogP contribution in [0.25, 0.3) is 11.3 Å². The summed E-state index contributed by atoms with van der Waals surface area (Å²) in [5.41, 5.74) is 4.45. The molecular weight excluding hydrogens is 689 g/mol. The fraction of sp³-hybridized carbons (Fsp3) is 0.463. The fourth-order valence-corrected chi connectivity index (χ4v) is 7.54. The van der Waals surface area contributed by atoms with Crippen LogP contribution in [-0.2, 0) is 21.3 Å². The van der Waals surface area contributed by atoms with Gasteiger partial charge < -0.3 is 14.8 Å². The number of ketones is 1. The van der Waals surface area contributed by atoms with Gasteiger partial charge in [0.05, 0.1) is 28.9 Å². The fourth-order valence-electron chi connectivity index (χ4n) is 6.55. The third-order valence-electron chi connectivity index (χ3n) is 9.14. The quantitative estimate of drug-likeness (QED) is 0.199. The van der Waals surface area contributed by atoms with Crippen molar-refractivity contribution in [3.8, 4) is 17.1 Å². The van der Waals surface area contributed by atoms with Crippen LogP contribution in [-0.4, -0.2) is 78.5 Å². The minimum Gasteiger partial charge on any atom is -0.476 e. The van der Waals surface area contributed by atoms with Gasteiger partial charge in [0.2, 0.25) is 11.8 Å². The second kappa shape index (κ2) is 17.7. The smallest absolute Gasteiger partial charge is 0.264 e. The first-order valence-corrected chi connectivity index (χ1v) is 19.9. The molecule has 4 heterocycles. The molecule has 2 N–H and O–H groups in total. The number of hydrogen-bond acceptors (Lipinski definition) is 10. The van der Waals surface area contributed by atoms with Gasteiger partial charge in [0.15, 0.2) is 5.78 Å². The summed E-state index contributed by atoms with van der Waals surface area (Å²) in [7, 11) is -4.11. The molecule has 53 heavy (non-hydrogen) atoms. The van der Waals surface area contributed by atoms with E-state index >= 15 is 0 Å². The molecule has 6 rings (SSSR count). The Morgan fingerprint density at radius 2 is 1.77 bits per heavy atom. The summed E-state index contributed by atoms with van der Waals surface area (Å²) < 4.78 is 41.3. The minimum atomic E-state index is -4.11. The largest absolute Gasteiger partial charge is 0.476 e. The normalized spacial score (nSPS) is 19.1. The van der Waals surface area contributed by atoms with Crippen molar-refractivity contribution in [2.24, 2.45) is 5.41 Å². The van der Waals surface area contributed by atoms with Crippen molar-refractivity contribution >= 4 is 21.8 Å². The molecule has 12 heteroatoms. The summed E-state index contributed by atoms with van der Waals surface area (Å²) in [4.78, 5) is 29.2. The number of hydrogen-bond donors (Lipinski definition) is 2. The summed E-state index contributed by atoms with van der Waals surface area (Å²) in [6.07, 6.45) is 5.42. The zero-order valence-corrected chi connectivity index (χ0v) is 32.9. The van der Waals surface area contributed by atoms with Crippen LogP contribution in [0.4, 0.5) is 5.95 Å². The van der Waals surface area contributed by atoms with Gasteiger partial charge in [-0.1, -0.05) is 71.0 Å². The van der Waals surface area contributed by atoms with E-state index in [1.165, 1.54) is 25.0 Å². The second-order valence-corrected chi connectivity index (χ2v) is 17.1. The van der Waals surface area contributed by atoms with Gasteiger partial charge in [-0.15, -0.1) is 0 Å². The maximum absolute atomic E-state index is 13.7. The van der Waals surface area contributed by atoms with Gasteiger partial charge in [-0.25, -0.2) is 18.1 Å². The van der Waals surface area contributed by atoms with Crippen LogP contribution in [0.15, 0.2) is 77.8 Å². The predicted molar refractivity (Wildman–Crippen MR) is 211 cm³/mol. The molecule has 1 unspecified atom stereocenters. The molecule has 0 saturated carbocycles. The lowest BCUT2D eigenvalue weighted by atomic mass is 9.87. The highest BCUT2D eigenvalue weighted by molar-refractivity contribution is 7.92. The lowest BCUT2D eigenvalue weighted by molar-refractivity contribution is 0.0714. The molecule has 4 bridgehead atoms. The number of carbonyl (C=O) groups excluding carboxylic acids is 1. The number of pyridine rings is 1. The van der Waals surface area contributed by atoms with E-state index in [0.29, 0.717) is 29.9 Å². The average Bonchev–Trinajstić information content (AvgIpc) is 3.63. The number of anilines is 1. The van der Waals surface area contributed by atoms with Crippen molar-refractivity contribution in [1.82, 2.24) is 25.2 Å². The van der Waals surface area contributed by atoms with Crippen molar-refractivity contribution in [2.45, 2.75) is 97.4 Å². The van der Waals surface area contributed by atoms with Gasteiger partial charge in [-0.2, -0.15) is 4.98 Å². The number of nitrogens with zero attached hydrogens (tertiary/aromatic N) is 4. The summed E-state index contributed by atoms with van der Waals surface area (Å²) in [5.74, 6) is -0.0723. The Bertz CT molecular complexity index is 1930. The van der Waals surface area contributed by atoms with Gasteiger partial charge >= 0.3 is 0 Å². The molecule has 2 aromatic carbocycles.